The Kier molecular flexibility index (Phi) is 8.71. The van der Waals surface area contributed by atoms with Crippen molar-refractivity contribution in [1.29, 1.82) is 0 Å². The van der Waals surface area contributed by atoms with E-state index in [-0.39, 0.29) is 6.42 Å². The Morgan fingerprint density at radius 3 is 2.78 bits per heavy atom. The van der Waals surface area contributed by atoms with Gasteiger partial charge in [0.15, 0.2) is 0 Å². The van der Waals surface area contributed by atoms with Gasteiger partial charge in [-0.05, 0) is 42.0 Å². The summed E-state index contributed by atoms with van der Waals surface area (Å²) in [6.45, 7) is 0.870. The number of carboxylic acids is 1. The van der Waals surface area contributed by atoms with Gasteiger partial charge >= 0.3 is 5.97 Å². The second-order valence-electron chi connectivity index (χ2n) is 7.00. The Balaban J connectivity index is 1.57. The summed E-state index contributed by atoms with van der Waals surface area (Å²) >= 11 is 6.22. The van der Waals surface area contributed by atoms with E-state index >= 15 is 0 Å². The topological polar surface area (TPSA) is 83.4 Å². The molecule has 1 aliphatic rings. The summed E-state index contributed by atoms with van der Waals surface area (Å²) in [5.74, 6) is 0.417. The molecular weight excluding hydrogens is 430 g/mol. The highest BCUT2D eigenvalue weighted by Crippen LogP contribution is 2.31. The molecule has 2 aromatic rings. The molecule has 0 spiro atoms. The Hall–Kier alpha value is -3.29. The molecule has 0 heterocycles. The number of ether oxygens (including phenoxy) is 2. The predicted octanol–water partition coefficient (Wildman–Crippen LogP) is 4.63. The van der Waals surface area contributed by atoms with Gasteiger partial charge in [-0.25, -0.2) is 5.43 Å². The van der Waals surface area contributed by atoms with Crippen molar-refractivity contribution in [2.24, 2.45) is 5.10 Å². The van der Waals surface area contributed by atoms with Crippen LogP contribution in [-0.4, -0.2) is 37.0 Å². The van der Waals surface area contributed by atoms with Crippen molar-refractivity contribution in [1.82, 2.24) is 5.43 Å². The molecule has 7 nitrogen and oxygen atoms in total. The number of anilines is 1. The van der Waals surface area contributed by atoms with Crippen LogP contribution in [0.2, 0.25) is 5.02 Å². The molecule has 0 aliphatic heterocycles. The lowest BCUT2D eigenvalue weighted by Gasteiger charge is -2.22. The summed E-state index contributed by atoms with van der Waals surface area (Å²) in [7, 11) is 1.78. The highest BCUT2D eigenvalue weighted by Gasteiger charge is 2.13. The van der Waals surface area contributed by atoms with E-state index in [1.165, 1.54) is 0 Å². The molecule has 0 saturated carbocycles. The first kappa shape index (κ1) is 23.4. The molecule has 0 atom stereocenters. The van der Waals surface area contributed by atoms with Gasteiger partial charge < -0.3 is 14.6 Å². The van der Waals surface area contributed by atoms with Crippen LogP contribution in [0.1, 0.15) is 18.4 Å². The standard InChI is InChI=1S/C24H26ClN3O4/c1-26-28(27-20-8-3-2-4-9-20)22-17-19(25)11-12-23(22)32-14-6-13-31-21-10-5-7-18(15-21)16-24(29)30/h2-5,7-8,10-12,15,17,26H,6,9,13-14,16H2,1H3,(H,29,30)/b27-20-. The van der Waals surface area contributed by atoms with Crippen LogP contribution in [0.25, 0.3) is 0 Å². The van der Waals surface area contributed by atoms with E-state index in [0.29, 0.717) is 47.4 Å². The molecule has 168 valence electrons. The molecule has 2 aromatic carbocycles. The summed E-state index contributed by atoms with van der Waals surface area (Å²) in [6.07, 6.45) is 9.29. The van der Waals surface area contributed by atoms with Crippen LogP contribution in [-0.2, 0) is 11.2 Å². The van der Waals surface area contributed by atoms with E-state index in [4.69, 9.17) is 26.2 Å². The van der Waals surface area contributed by atoms with Gasteiger partial charge in [-0.15, -0.1) is 0 Å². The number of hydrogen-bond acceptors (Lipinski definition) is 6. The number of carboxylic acid groups (broad SMARTS) is 1. The quantitative estimate of drug-likeness (QED) is 0.379. The first-order valence-corrected chi connectivity index (χ1v) is 10.7. The maximum Gasteiger partial charge on any atom is 0.307 e. The number of rotatable bonds is 11. The lowest BCUT2D eigenvalue weighted by Crippen LogP contribution is -2.31. The normalized spacial score (nSPS) is 13.9. The third-order valence-electron chi connectivity index (χ3n) is 4.52. The SMILES string of the molecule is CNN(/N=C1/C=CC=CC1)c1cc(Cl)ccc1OCCCOc1cccc(CC(=O)O)c1. The zero-order valence-electron chi connectivity index (χ0n) is 17.8. The van der Waals surface area contributed by atoms with Crippen LogP contribution in [0.5, 0.6) is 11.5 Å². The minimum absolute atomic E-state index is 0.0299. The fourth-order valence-electron chi connectivity index (χ4n) is 3.06. The van der Waals surface area contributed by atoms with Crippen LogP contribution in [0.3, 0.4) is 0 Å². The Morgan fingerprint density at radius 2 is 2.03 bits per heavy atom. The van der Waals surface area contributed by atoms with Crippen molar-refractivity contribution in [2.45, 2.75) is 19.3 Å². The van der Waals surface area contributed by atoms with Crippen molar-refractivity contribution >= 4 is 29.0 Å². The minimum atomic E-state index is -0.869. The molecule has 0 fully saturated rings. The third-order valence-corrected chi connectivity index (χ3v) is 4.76. The van der Waals surface area contributed by atoms with E-state index in [2.05, 4.69) is 10.5 Å². The number of benzene rings is 2. The Labute approximate surface area is 192 Å². The molecule has 2 N–H and O–H groups in total. The summed E-state index contributed by atoms with van der Waals surface area (Å²) in [5, 5.41) is 15.8. The number of allylic oxidation sites excluding steroid dienone is 4. The van der Waals surface area contributed by atoms with Gasteiger partial charge in [-0.3, -0.25) is 4.79 Å². The lowest BCUT2D eigenvalue weighted by molar-refractivity contribution is -0.136. The summed E-state index contributed by atoms with van der Waals surface area (Å²) in [4.78, 5) is 10.9. The van der Waals surface area contributed by atoms with Gasteiger partial charge in [0.1, 0.15) is 17.2 Å². The van der Waals surface area contributed by atoms with E-state index in [9.17, 15) is 4.79 Å². The largest absolute Gasteiger partial charge is 0.493 e. The molecule has 0 aromatic heterocycles. The Morgan fingerprint density at radius 1 is 1.19 bits per heavy atom. The number of nitrogens with zero attached hydrogens (tertiary/aromatic N) is 2. The maximum atomic E-state index is 10.9. The number of hydrazone groups is 1. The van der Waals surface area contributed by atoms with Crippen molar-refractivity contribution in [3.8, 4) is 11.5 Å². The average molecular weight is 456 g/mol. The van der Waals surface area contributed by atoms with Gasteiger partial charge in [0, 0.05) is 24.9 Å². The number of hydrogen-bond donors (Lipinski definition) is 2. The van der Waals surface area contributed by atoms with Crippen molar-refractivity contribution in [3.63, 3.8) is 0 Å². The molecule has 0 saturated heterocycles. The van der Waals surface area contributed by atoms with Crippen molar-refractivity contribution in [2.75, 3.05) is 25.4 Å². The second kappa shape index (κ2) is 11.9. The van der Waals surface area contributed by atoms with Crippen LogP contribution in [0, 0.1) is 0 Å². The van der Waals surface area contributed by atoms with Crippen LogP contribution >= 0.6 is 11.6 Å². The second-order valence-corrected chi connectivity index (χ2v) is 7.44. The number of carbonyl (C=O) groups is 1. The van der Waals surface area contributed by atoms with Crippen molar-refractivity contribution < 1.29 is 19.4 Å². The summed E-state index contributed by atoms with van der Waals surface area (Å²) < 4.78 is 11.7. The highest BCUT2D eigenvalue weighted by molar-refractivity contribution is 6.31. The van der Waals surface area contributed by atoms with E-state index in [0.717, 1.165) is 12.1 Å². The monoisotopic (exact) mass is 455 g/mol. The highest BCUT2D eigenvalue weighted by atomic mass is 35.5. The fraction of sp³-hybridized carbons (Fsp3) is 0.250. The molecule has 1 aliphatic carbocycles. The first-order valence-electron chi connectivity index (χ1n) is 10.3. The van der Waals surface area contributed by atoms with Gasteiger partial charge in [0.05, 0.1) is 25.3 Å². The van der Waals surface area contributed by atoms with E-state index in [1.807, 2.05) is 36.4 Å². The number of nitrogens with one attached hydrogen (secondary N) is 1. The predicted molar refractivity (Wildman–Crippen MR) is 127 cm³/mol. The average Bonchev–Trinajstić information content (AvgIpc) is 2.78. The maximum absolute atomic E-state index is 10.9. The Bertz CT molecular complexity index is 1020. The summed E-state index contributed by atoms with van der Waals surface area (Å²) in [5.41, 5.74) is 5.38. The zero-order chi connectivity index (χ0) is 22.8. The van der Waals surface area contributed by atoms with Crippen LogP contribution in [0.4, 0.5) is 5.69 Å². The summed E-state index contributed by atoms with van der Waals surface area (Å²) in [6, 6.07) is 12.5. The van der Waals surface area contributed by atoms with E-state index in [1.54, 1.807) is 42.5 Å². The molecular formula is C24H26ClN3O4. The smallest absolute Gasteiger partial charge is 0.307 e. The minimum Gasteiger partial charge on any atom is -0.493 e. The molecule has 0 unspecified atom stereocenters. The third kappa shape index (κ3) is 7.14. The van der Waals surface area contributed by atoms with Gasteiger partial charge in [-0.1, -0.05) is 42.0 Å². The molecule has 32 heavy (non-hydrogen) atoms. The van der Waals surface area contributed by atoms with Gasteiger partial charge in [-0.2, -0.15) is 10.2 Å². The number of hydrazine groups is 1. The fourth-order valence-corrected chi connectivity index (χ4v) is 3.22. The molecule has 8 heteroatoms. The van der Waals surface area contributed by atoms with Crippen LogP contribution in [0.15, 0.2) is 71.9 Å². The molecule has 0 amide bonds. The molecule has 0 radical (unpaired) electrons. The van der Waals surface area contributed by atoms with Gasteiger partial charge in [0.2, 0.25) is 0 Å². The lowest BCUT2D eigenvalue weighted by atomic mass is 10.1. The van der Waals surface area contributed by atoms with Crippen LogP contribution < -0.4 is 20.0 Å². The van der Waals surface area contributed by atoms with Crippen molar-refractivity contribution in [3.05, 3.63) is 77.4 Å². The number of aliphatic carboxylic acids is 1. The molecule has 0 bridgehead atoms. The molecule has 3 rings (SSSR count). The zero-order valence-corrected chi connectivity index (χ0v) is 18.6. The number of halogens is 1. The first-order chi connectivity index (χ1) is 15.5. The van der Waals surface area contributed by atoms with Gasteiger partial charge in [0.25, 0.3) is 0 Å². The van der Waals surface area contributed by atoms with E-state index < -0.39 is 5.97 Å².